The molecule has 1 aliphatic heterocycles. The highest BCUT2D eigenvalue weighted by atomic mass is 79.9. The van der Waals surface area contributed by atoms with E-state index in [-0.39, 0.29) is 35.1 Å². The van der Waals surface area contributed by atoms with Gasteiger partial charge in [-0.1, -0.05) is 28.1 Å². The van der Waals surface area contributed by atoms with Crippen LogP contribution in [0, 0.1) is 10.1 Å². The lowest BCUT2D eigenvalue weighted by molar-refractivity contribution is -0.384. The van der Waals surface area contributed by atoms with Crippen LogP contribution in [-0.2, 0) is 0 Å². The van der Waals surface area contributed by atoms with Gasteiger partial charge < -0.3 is 20.1 Å². The Morgan fingerprint density at radius 2 is 1.79 bits per heavy atom. The van der Waals surface area contributed by atoms with Crippen LogP contribution in [0.4, 0.5) is 30.4 Å². The highest BCUT2D eigenvalue weighted by molar-refractivity contribution is 9.10. The molecule has 3 aromatic carbocycles. The average molecular weight is 646 g/mol. The monoisotopic (exact) mass is 645 g/mol. The maximum Gasteiger partial charge on any atom is 0.410 e. The van der Waals surface area contributed by atoms with Crippen molar-refractivity contribution in [3.05, 3.63) is 98.6 Å². The summed E-state index contributed by atoms with van der Waals surface area (Å²) >= 11 is 3.32. The molecule has 0 saturated carbocycles. The number of benzene rings is 3. The first kappa shape index (κ1) is 28.9. The van der Waals surface area contributed by atoms with Gasteiger partial charge in [0.2, 0.25) is 0 Å². The summed E-state index contributed by atoms with van der Waals surface area (Å²) in [6, 6.07) is 15.7. The molecular weight excluding hydrogens is 623 g/mol. The molecule has 0 fully saturated rings. The van der Waals surface area contributed by atoms with Crippen LogP contribution in [0.25, 0.3) is 0 Å². The minimum absolute atomic E-state index is 0.00539. The fourth-order valence-corrected chi connectivity index (χ4v) is 4.78. The van der Waals surface area contributed by atoms with Crippen molar-refractivity contribution in [3.63, 3.8) is 0 Å². The van der Waals surface area contributed by atoms with E-state index in [1.165, 1.54) is 18.2 Å². The number of aromatic nitrogens is 2. The number of nitrogens with zero attached hydrogens (tertiary/aromatic N) is 3. The van der Waals surface area contributed by atoms with Crippen LogP contribution < -0.4 is 20.1 Å². The van der Waals surface area contributed by atoms with Gasteiger partial charge in [-0.05, 0) is 48.9 Å². The van der Waals surface area contributed by atoms with Crippen molar-refractivity contribution in [3.8, 4) is 17.2 Å². The van der Waals surface area contributed by atoms with Crippen LogP contribution in [0.3, 0.4) is 0 Å². The number of hydrogen-bond donors (Lipinski definition) is 2. The zero-order valence-corrected chi connectivity index (χ0v) is 23.5. The number of amides is 1. The Hall–Kier alpha value is -4.59. The van der Waals surface area contributed by atoms with Crippen molar-refractivity contribution in [1.82, 2.24) is 9.78 Å². The molecule has 5 rings (SSSR count). The van der Waals surface area contributed by atoms with E-state index in [4.69, 9.17) is 9.47 Å². The topological polar surface area (TPSA) is 121 Å². The fourth-order valence-electron chi connectivity index (χ4n) is 4.52. The second-order valence-electron chi connectivity index (χ2n) is 9.33. The lowest BCUT2D eigenvalue weighted by Crippen LogP contribution is -2.35. The Morgan fingerprint density at radius 1 is 1.10 bits per heavy atom. The lowest BCUT2D eigenvalue weighted by atomic mass is 9.97. The average Bonchev–Trinajstić information content (AvgIpc) is 3.38. The fraction of sp³-hybridized carbons (Fsp3) is 0.214. The number of carbonyl (C=O) groups excluding carboxylic acids is 1. The number of fused-ring (bicyclic) bond motifs is 1. The smallest absolute Gasteiger partial charge is 0.410 e. The van der Waals surface area contributed by atoms with Gasteiger partial charge >= 0.3 is 6.18 Å². The van der Waals surface area contributed by atoms with E-state index >= 15 is 0 Å². The quantitative estimate of drug-likeness (QED) is 0.149. The zero-order chi connectivity index (χ0) is 30.0. The first-order valence-corrected chi connectivity index (χ1v) is 13.5. The molecule has 4 aromatic rings. The van der Waals surface area contributed by atoms with Crippen LogP contribution in [0.5, 0.6) is 17.2 Å². The Kier molecular flexibility index (Phi) is 8.07. The van der Waals surface area contributed by atoms with Gasteiger partial charge in [-0.2, -0.15) is 18.3 Å². The summed E-state index contributed by atoms with van der Waals surface area (Å²) in [5.74, 6) is 0.198. The van der Waals surface area contributed by atoms with Gasteiger partial charge in [0, 0.05) is 29.1 Å². The van der Waals surface area contributed by atoms with E-state index in [1.807, 2.05) is 6.92 Å². The molecule has 0 saturated heterocycles. The predicted octanol–water partition coefficient (Wildman–Crippen LogP) is 7.66. The van der Waals surface area contributed by atoms with Gasteiger partial charge in [-0.25, -0.2) is 4.68 Å². The molecule has 0 unspecified atom stereocenters. The molecule has 2 heterocycles. The molecule has 0 aliphatic carbocycles. The number of hydrogen-bond acceptors (Lipinski definition) is 7. The number of non-ortho nitro benzene ring substituents is 1. The number of nitrogens with one attached hydrogen (secondary N) is 2. The Morgan fingerprint density at radius 3 is 2.43 bits per heavy atom. The summed E-state index contributed by atoms with van der Waals surface area (Å²) < 4.78 is 54.8. The molecule has 10 nitrogen and oxygen atoms in total. The van der Waals surface area contributed by atoms with Crippen molar-refractivity contribution in [2.75, 3.05) is 17.2 Å². The largest absolute Gasteiger partial charge is 0.494 e. The first-order chi connectivity index (χ1) is 20.0. The van der Waals surface area contributed by atoms with E-state index in [0.717, 1.165) is 15.2 Å². The summed E-state index contributed by atoms with van der Waals surface area (Å²) in [4.78, 5) is 24.0. The van der Waals surface area contributed by atoms with Crippen LogP contribution in [-0.4, -0.2) is 33.4 Å². The number of carbonyl (C=O) groups is 1. The Balaban J connectivity index is 1.39. The number of nitro benzene ring substituents is 1. The summed E-state index contributed by atoms with van der Waals surface area (Å²) in [6.45, 7) is 2.32. The molecule has 2 atom stereocenters. The van der Waals surface area contributed by atoms with Crippen molar-refractivity contribution < 1.29 is 32.4 Å². The molecule has 1 aliphatic rings. The molecule has 0 spiro atoms. The van der Waals surface area contributed by atoms with E-state index in [9.17, 15) is 28.1 Å². The highest BCUT2D eigenvalue weighted by Gasteiger charge is 2.46. The third-order valence-corrected chi connectivity index (χ3v) is 6.95. The second-order valence-corrected chi connectivity index (χ2v) is 10.2. The van der Waals surface area contributed by atoms with E-state index in [1.54, 1.807) is 48.5 Å². The highest BCUT2D eigenvalue weighted by Crippen LogP contribution is 2.44. The third-order valence-electron chi connectivity index (χ3n) is 6.43. The predicted molar refractivity (Wildman–Crippen MR) is 151 cm³/mol. The molecular formula is C28H23BrF3N5O5. The Bertz CT molecular complexity index is 1610. The second kappa shape index (κ2) is 11.7. The van der Waals surface area contributed by atoms with Gasteiger partial charge in [0.05, 0.1) is 29.3 Å². The van der Waals surface area contributed by atoms with Gasteiger partial charge in [0.15, 0.2) is 11.7 Å². The summed E-state index contributed by atoms with van der Waals surface area (Å²) in [5, 5.41) is 21.0. The summed E-state index contributed by atoms with van der Waals surface area (Å²) in [6.07, 6.45) is -4.96. The zero-order valence-electron chi connectivity index (χ0n) is 21.9. The van der Waals surface area contributed by atoms with Crippen molar-refractivity contribution in [1.29, 1.82) is 0 Å². The van der Waals surface area contributed by atoms with Gasteiger partial charge in [-0.15, -0.1) is 0 Å². The summed E-state index contributed by atoms with van der Waals surface area (Å²) in [5.41, 5.74) is -0.0329. The van der Waals surface area contributed by atoms with Crippen LogP contribution >= 0.6 is 15.9 Å². The molecule has 42 heavy (non-hydrogen) atoms. The number of alkyl halides is 3. The molecule has 1 amide bonds. The van der Waals surface area contributed by atoms with Crippen LogP contribution in [0.2, 0.25) is 0 Å². The van der Waals surface area contributed by atoms with Crippen LogP contribution in [0.1, 0.15) is 41.5 Å². The number of ether oxygens (including phenoxy) is 2. The lowest BCUT2D eigenvalue weighted by Gasteiger charge is -2.33. The molecule has 14 heteroatoms. The maximum absolute atomic E-state index is 14.1. The summed E-state index contributed by atoms with van der Waals surface area (Å²) in [7, 11) is 0. The van der Waals surface area contributed by atoms with E-state index in [0.29, 0.717) is 23.7 Å². The first-order valence-electron chi connectivity index (χ1n) is 12.7. The van der Waals surface area contributed by atoms with Crippen molar-refractivity contribution >= 4 is 39.0 Å². The SMILES string of the molecule is CCOc1ccc(Oc2cc(NC(=O)c3cc4n(n3)[C@H](C(F)(F)F)C[C@@H](c3ccc(Br)cc3)N4)cc([N+](=O)[O-])c2)cc1. The number of anilines is 2. The van der Waals surface area contributed by atoms with Crippen LogP contribution in [0.15, 0.2) is 77.3 Å². The molecule has 0 radical (unpaired) electrons. The van der Waals surface area contributed by atoms with Crippen molar-refractivity contribution in [2.24, 2.45) is 0 Å². The van der Waals surface area contributed by atoms with E-state index in [2.05, 4.69) is 31.7 Å². The number of nitro groups is 1. The third kappa shape index (κ3) is 6.48. The molecule has 1 aromatic heterocycles. The van der Waals surface area contributed by atoms with E-state index < -0.39 is 29.1 Å². The molecule has 2 N–H and O–H groups in total. The Labute approximate surface area is 245 Å². The van der Waals surface area contributed by atoms with Crippen molar-refractivity contribution in [2.45, 2.75) is 31.6 Å². The van der Waals surface area contributed by atoms with Gasteiger partial charge in [-0.3, -0.25) is 14.9 Å². The molecule has 0 bridgehead atoms. The number of rotatable bonds is 8. The minimum Gasteiger partial charge on any atom is -0.494 e. The molecule has 218 valence electrons. The normalized spacial score (nSPS) is 16.2. The van der Waals surface area contributed by atoms with Gasteiger partial charge in [0.1, 0.15) is 23.1 Å². The van der Waals surface area contributed by atoms with Gasteiger partial charge in [0.25, 0.3) is 11.6 Å². The standard InChI is InChI=1S/C28H23BrF3N5O5/c1-2-41-20-7-9-21(10-8-20)42-22-12-18(11-19(13-22)37(39)40)33-27(38)24-15-26-34-23(16-3-5-17(29)6-4-16)14-25(28(30,31)32)36(26)35-24/h3-13,15,23,25,34H,2,14H2,1H3,(H,33,38)/t23-,25-/m0/s1. The number of halogens is 4. The maximum atomic E-state index is 14.1. The minimum atomic E-state index is -4.63.